The van der Waals surface area contributed by atoms with E-state index in [-0.39, 0.29) is 17.7 Å². The van der Waals surface area contributed by atoms with Gasteiger partial charge in [0.15, 0.2) is 0 Å². The molecule has 2 rings (SSSR count). The summed E-state index contributed by atoms with van der Waals surface area (Å²) < 4.78 is 0. The standard InChI is InChI=1S/C11H13NO3/c1-8-6-11(8,7-13)9-2-4-10(5-3-9)12(14)15/h2-5,8,13H,6-7H2,1H3. The second kappa shape index (κ2) is 3.31. The van der Waals surface area contributed by atoms with Crippen LogP contribution >= 0.6 is 0 Å². The van der Waals surface area contributed by atoms with Crippen molar-refractivity contribution in [1.82, 2.24) is 0 Å². The van der Waals surface area contributed by atoms with Crippen LogP contribution in [0.5, 0.6) is 0 Å². The van der Waals surface area contributed by atoms with E-state index in [0.29, 0.717) is 5.92 Å². The fourth-order valence-corrected chi connectivity index (χ4v) is 2.12. The molecular formula is C11H13NO3. The van der Waals surface area contributed by atoms with E-state index >= 15 is 0 Å². The average Bonchev–Trinajstić information content (AvgIpc) is 2.91. The largest absolute Gasteiger partial charge is 0.395 e. The van der Waals surface area contributed by atoms with Gasteiger partial charge < -0.3 is 5.11 Å². The minimum Gasteiger partial charge on any atom is -0.395 e. The van der Waals surface area contributed by atoms with Crippen molar-refractivity contribution in [2.24, 2.45) is 5.92 Å². The quantitative estimate of drug-likeness (QED) is 0.607. The van der Waals surface area contributed by atoms with Crippen LogP contribution < -0.4 is 0 Å². The molecular weight excluding hydrogens is 194 g/mol. The molecule has 1 aromatic rings. The van der Waals surface area contributed by atoms with Gasteiger partial charge in [-0.05, 0) is 17.9 Å². The molecule has 0 bridgehead atoms. The zero-order valence-corrected chi connectivity index (χ0v) is 8.51. The van der Waals surface area contributed by atoms with Crippen molar-refractivity contribution >= 4 is 5.69 Å². The summed E-state index contributed by atoms with van der Waals surface area (Å²) in [5, 5.41) is 19.8. The molecule has 15 heavy (non-hydrogen) atoms. The van der Waals surface area contributed by atoms with Crippen LogP contribution in [0.1, 0.15) is 18.9 Å². The summed E-state index contributed by atoms with van der Waals surface area (Å²) in [6.45, 7) is 2.20. The molecule has 0 radical (unpaired) electrons. The van der Waals surface area contributed by atoms with E-state index in [1.54, 1.807) is 12.1 Å². The van der Waals surface area contributed by atoms with Crippen LogP contribution in [-0.2, 0) is 5.41 Å². The summed E-state index contributed by atoms with van der Waals surface area (Å²) >= 11 is 0. The molecule has 0 aliphatic heterocycles. The number of hydrogen-bond acceptors (Lipinski definition) is 3. The van der Waals surface area contributed by atoms with Crippen molar-refractivity contribution in [3.05, 3.63) is 39.9 Å². The summed E-state index contributed by atoms with van der Waals surface area (Å²) in [6.07, 6.45) is 0.960. The van der Waals surface area contributed by atoms with Crippen molar-refractivity contribution in [1.29, 1.82) is 0 Å². The number of aliphatic hydroxyl groups is 1. The molecule has 0 saturated heterocycles. The Labute approximate surface area is 87.7 Å². The lowest BCUT2D eigenvalue weighted by Crippen LogP contribution is -2.14. The van der Waals surface area contributed by atoms with Gasteiger partial charge >= 0.3 is 0 Å². The van der Waals surface area contributed by atoms with E-state index in [1.807, 2.05) is 0 Å². The molecule has 2 unspecified atom stereocenters. The van der Waals surface area contributed by atoms with E-state index < -0.39 is 4.92 Å². The molecule has 1 aromatic carbocycles. The van der Waals surface area contributed by atoms with Gasteiger partial charge in [-0.1, -0.05) is 19.1 Å². The number of aliphatic hydroxyl groups excluding tert-OH is 1. The number of nitro benzene ring substituents is 1. The molecule has 0 aromatic heterocycles. The number of non-ortho nitro benzene ring substituents is 1. The lowest BCUT2D eigenvalue weighted by atomic mass is 9.94. The first-order valence-corrected chi connectivity index (χ1v) is 4.96. The minimum absolute atomic E-state index is 0.0974. The summed E-state index contributed by atoms with van der Waals surface area (Å²) in [6, 6.07) is 6.49. The molecule has 80 valence electrons. The van der Waals surface area contributed by atoms with Gasteiger partial charge in [0.05, 0.1) is 11.5 Å². The number of hydrogen-bond donors (Lipinski definition) is 1. The van der Waals surface area contributed by atoms with Gasteiger partial charge in [0.1, 0.15) is 0 Å². The molecule has 0 heterocycles. The second-order valence-electron chi connectivity index (χ2n) is 4.22. The van der Waals surface area contributed by atoms with Gasteiger partial charge in [-0.3, -0.25) is 10.1 Å². The Balaban J connectivity index is 2.28. The Morgan fingerprint density at radius 1 is 1.53 bits per heavy atom. The molecule has 1 aliphatic carbocycles. The lowest BCUT2D eigenvalue weighted by Gasteiger charge is -2.13. The van der Waals surface area contributed by atoms with Gasteiger partial charge in [0.25, 0.3) is 5.69 Å². The average molecular weight is 207 g/mol. The van der Waals surface area contributed by atoms with E-state index in [4.69, 9.17) is 0 Å². The van der Waals surface area contributed by atoms with Gasteiger partial charge in [-0.15, -0.1) is 0 Å². The van der Waals surface area contributed by atoms with Crippen LogP contribution in [0.2, 0.25) is 0 Å². The molecule has 1 N–H and O–H groups in total. The van der Waals surface area contributed by atoms with Gasteiger partial charge in [-0.25, -0.2) is 0 Å². The Bertz CT molecular complexity index is 383. The molecule has 2 atom stereocenters. The molecule has 4 nitrogen and oxygen atoms in total. The SMILES string of the molecule is CC1CC1(CO)c1ccc([N+](=O)[O-])cc1. The third-order valence-electron chi connectivity index (χ3n) is 3.39. The molecule has 1 aliphatic rings. The zero-order chi connectivity index (χ0) is 11.1. The van der Waals surface area contributed by atoms with Crippen molar-refractivity contribution in [2.45, 2.75) is 18.8 Å². The minimum atomic E-state index is -0.411. The summed E-state index contributed by atoms with van der Waals surface area (Å²) in [7, 11) is 0. The number of nitrogens with zero attached hydrogens (tertiary/aromatic N) is 1. The first-order valence-electron chi connectivity index (χ1n) is 4.96. The van der Waals surface area contributed by atoms with Crippen molar-refractivity contribution in [3.8, 4) is 0 Å². The number of rotatable bonds is 3. The molecule has 1 fully saturated rings. The maximum Gasteiger partial charge on any atom is 0.269 e. The monoisotopic (exact) mass is 207 g/mol. The number of nitro groups is 1. The highest BCUT2D eigenvalue weighted by molar-refractivity contribution is 5.40. The van der Waals surface area contributed by atoms with E-state index in [0.717, 1.165) is 12.0 Å². The maximum atomic E-state index is 10.5. The fraction of sp³-hybridized carbons (Fsp3) is 0.455. The zero-order valence-electron chi connectivity index (χ0n) is 8.51. The first kappa shape index (κ1) is 10.1. The first-order chi connectivity index (χ1) is 7.10. The van der Waals surface area contributed by atoms with E-state index in [2.05, 4.69) is 6.92 Å². The third kappa shape index (κ3) is 1.51. The predicted molar refractivity (Wildman–Crippen MR) is 55.6 cm³/mol. The molecule has 1 saturated carbocycles. The third-order valence-corrected chi connectivity index (χ3v) is 3.39. The van der Waals surface area contributed by atoms with Gasteiger partial charge in [-0.2, -0.15) is 0 Å². The molecule has 0 amide bonds. The highest BCUT2D eigenvalue weighted by Crippen LogP contribution is 2.53. The van der Waals surface area contributed by atoms with Gasteiger partial charge in [0, 0.05) is 17.5 Å². The van der Waals surface area contributed by atoms with E-state index in [1.165, 1.54) is 12.1 Å². The van der Waals surface area contributed by atoms with Crippen LogP contribution in [0.25, 0.3) is 0 Å². The van der Waals surface area contributed by atoms with Crippen LogP contribution in [0.4, 0.5) is 5.69 Å². The van der Waals surface area contributed by atoms with Crippen LogP contribution in [0.15, 0.2) is 24.3 Å². The van der Waals surface area contributed by atoms with Gasteiger partial charge in [0.2, 0.25) is 0 Å². The topological polar surface area (TPSA) is 63.4 Å². The van der Waals surface area contributed by atoms with Crippen molar-refractivity contribution in [2.75, 3.05) is 6.61 Å². The Kier molecular flexibility index (Phi) is 2.23. The normalized spacial score (nSPS) is 28.8. The lowest BCUT2D eigenvalue weighted by molar-refractivity contribution is -0.384. The smallest absolute Gasteiger partial charge is 0.269 e. The Hall–Kier alpha value is -1.42. The van der Waals surface area contributed by atoms with Crippen molar-refractivity contribution in [3.63, 3.8) is 0 Å². The highest BCUT2D eigenvalue weighted by Gasteiger charge is 2.51. The van der Waals surface area contributed by atoms with Crippen LogP contribution in [-0.4, -0.2) is 16.6 Å². The Morgan fingerprint density at radius 3 is 2.40 bits per heavy atom. The summed E-state index contributed by atoms with van der Waals surface area (Å²) in [5.41, 5.74) is 0.957. The predicted octanol–water partition coefficient (Wildman–Crippen LogP) is 1.86. The molecule has 4 heteroatoms. The van der Waals surface area contributed by atoms with E-state index in [9.17, 15) is 15.2 Å². The van der Waals surface area contributed by atoms with Crippen molar-refractivity contribution < 1.29 is 10.0 Å². The fourth-order valence-electron chi connectivity index (χ4n) is 2.12. The summed E-state index contributed by atoms with van der Waals surface area (Å²) in [4.78, 5) is 10.1. The highest BCUT2D eigenvalue weighted by atomic mass is 16.6. The van der Waals surface area contributed by atoms with Crippen LogP contribution in [0.3, 0.4) is 0 Å². The van der Waals surface area contributed by atoms with Crippen LogP contribution in [0, 0.1) is 16.0 Å². The maximum absolute atomic E-state index is 10.5. The second-order valence-corrected chi connectivity index (χ2v) is 4.22. The molecule has 0 spiro atoms. The summed E-state index contributed by atoms with van der Waals surface area (Å²) in [5.74, 6) is 0.462. The number of benzene rings is 1. The Morgan fingerprint density at radius 2 is 2.07 bits per heavy atom.